The third-order valence-corrected chi connectivity index (χ3v) is 6.32. The molecule has 0 fully saturated rings. The van der Waals surface area contributed by atoms with Crippen LogP contribution >= 0.6 is 0 Å². The van der Waals surface area contributed by atoms with Crippen molar-refractivity contribution in [3.05, 3.63) is 59.4 Å². The highest BCUT2D eigenvalue weighted by Crippen LogP contribution is 2.36. The van der Waals surface area contributed by atoms with Gasteiger partial charge in [0.1, 0.15) is 11.3 Å². The number of anilines is 1. The number of rotatable bonds is 3. The predicted molar refractivity (Wildman–Crippen MR) is 99.4 cm³/mol. The molecule has 0 radical (unpaired) electrons. The Balaban J connectivity index is 1.78. The van der Waals surface area contributed by atoms with Crippen molar-refractivity contribution in [2.75, 3.05) is 4.72 Å². The Morgan fingerprint density at radius 1 is 1.16 bits per heavy atom. The van der Waals surface area contributed by atoms with Gasteiger partial charge in [-0.15, -0.1) is 0 Å². The molecule has 1 heterocycles. The third kappa shape index (κ3) is 2.93. The van der Waals surface area contributed by atoms with Gasteiger partial charge in [0.15, 0.2) is 0 Å². The summed E-state index contributed by atoms with van der Waals surface area (Å²) >= 11 is 0. The molecule has 1 atom stereocenters. The molecular formula is C20H21NO3S. The van der Waals surface area contributed by atoms with Crippen molar-refractivity contribution < 1.29 is 12.8 Å². The van der Waals surface area contributed by atoms with Gasteiger partial charge in [-0.3, -0.25) is 4.72 Å². The molecule has 2 aromatic carbocycles. The average molecular weight is 355 g/mol. The van der Waals surface area contributed by atoms with Gasteiger partial charge in [-0.2, -0.15) is 0 Å². The van der Waals surface area contributed by atoms with Crippen LogP contribution in [0.1, 0.15) is 30.2 Å². The molecule has 3 aromatic rings. The monoisotopic (exact) mass is 355 g/mol. The average Bonchev–Trinajstić information content (AvgIpc) is 2.92. The number of fused-ring (bicyclic) bond motifs is 3. The summed E-state index contributed by atoms with van der Waals surface area (Å²) in [5.74, 6) is 1.68. The molecule has 0 aliphatic heterocycles. The standard InChI is InChI=1S/C20H21NO3S/c1-13-8-9-19-16(10-13)17-12-18(14(2)11-20(17)24-19)21-25(22,23)15-6-4-3-5-7-15/h3-7,11-13,21H,8-10H2,1-2H3/t13-/m1/s1. The topological polar surface area (TPSA) is 59.3 Å². The van der Waals surface area contributed by atoms with E-state index in [0.717, 1.165) is 41.6 Å². The molecule has 1 aliphatic carbocycles. The summed E-state index contributed by atoms with van der Waals surface area (Å²) in [5.41, 5.74) is 3.54. The third-order valence-electron chi connectivity index (χ3n) is 4.94. The van der Waals surface area contributed by atoms with Gasteiger partial charge in [0.25, 0.3) is 10.0 Å². The van der Waals surface area contributed by atoms with Crippen LogP contribution < -0.4 is 4.72 Å². The minimum absolute atomic E-state index is 0.261. The molecule has 4 nitrogen and oxygen atoms in total. The van der Waals surface area contributed by atoms with E-state index in [1.165, 1.54) is 5.56 Å². The van der Waals surface area contributed by atoms with E-state index in [4.69, 9.17) is 4.42 Å². The molecule has 0 saturated carbocycles. The van der Waals surface area contributed by atoms with E-state index in [9.17, 15) is 8.42 Å². The zero-order valence-corrected chi connectivity index (χ0v) is 15.2. The first-order valence-electron chi connectivity index (χ1n) is 8.57. The van der Waals surface area contributed by atoms with Crippen LogP contribution in [0.3, 0.4) is 0 Å². The van der Waals surface area contributed by atoms with Crippen LogP contribution in [0.15, 0.2) is 51.8 Å². The van der Waals surface area contributed by atoms with Crippen molar-refractivity contribution in [3.63, 3.8) is 0 Å². The van der Waals surface area contributed by atoms with E-state index >= 15 is 0 Å². The smallest absolute Gasteiger partial charge is 0.261 e. The lowest BCUT2D eigenvalue weighted by Crippen LogP contribution is -2.13. The summed E-state index contributed by atoms with van der Waals surface area (Å²) in [5, 5.41) is 1.03. The highest BCUT2D eigenvalue weighted by atomic mass is 32.2. The molecule has 4 rings (SSSR count). The van der Waals surface area contributed by atoms with Gasteiger partial charge in [0.2, 0.25) is 0 Å². The van der Waals surface area contributed by atoms with Crippen molar-refractivity contribution in [2.24, 2.45) is 5.92 Å². The fourth-order valence-electron chi connectivity index (χ4n) is 3.51. The summed E-state index contributed by atoms with van der Waals surface area (Å²) in [7, 11) is -3.60. The number of furan rings is 1. The minimum Gasteiger partial charge on any atom is -0.461 e. The lowest BCUT2D eigenvalue weighted by molar-refractivity contribution is 0.438. The first-order valence-corrected chi connectivity index (χ1v) is 10.0. The van der Waals surface area contributed by atoms with Gasteiger partial charge >= 0.3 is 0 Å². The van der Waals surface area contributed by atoms with Gasteiger partial charge in [0, 0.05) is 17.4 Å². The van der Waals surface area contributed by atoms with Crippen molar-refractivity contribution in [1.82, 2.24) is 0 Å². The number of aryl methyl sites for hydroxylation is 2. The fourth-order valence-corrected chi connectivity index (χ4v) is 4.66. The van der Waals surface area contributed by atoms with Crippen molar-refractivity contribution in [1.29, 1.82) is 0 Å². The van der Waals surface area contributed by atoms with Gasteiger partial charge in [-0.05, 0) is 55.5 Å². The van der Waals surface area contributed by atoms with E-state index in [1.807, 2.05) is 19.1 Å². The van der Waals surface area contributed by atoms with Crippen molar-refractivity contribution in [3.8, 4) is 0 Å². The van der Waals surface area contributed by atoms with E-state index in [0.29, 0.717) is 11.6 Å². The maximum absolute atomic E-state index is 12.6. The SMILES string of the molecule is Cc1cc2oc3c(c2cc1NS(=O)(=O)c1ccccc1)C[C@H](C)CC3. The van der Waals surface area contributed by atoms with Crippen molar-refractivity contribution in [2.45, 2.75) is 38.0 Å². The van der Waals surface area contributed by atoms with Crippen LogP contribution in [-0.2, 0) is 22.9 Å². The van der Waals surface area contributed by atoms with Crippen molar-refractivity contribution >= 4 is 26.7 Å². The van der Waals surface area contributed by atoms with Gasteiger partial charge in [-0.25, -0.2) is 8.42 Å². The zero-order valence-electron chi connectivity index (χ0n) is 14.4. The molecule has 130 valence electrons. The highest BCUT2D eigenvalue weighted by Gasteiger charge is 2.23. The molecule has 25 heavy (non-hydrogen) atoms. The first kappa shape index (κ1) is 16.2. The second kappa shape index (κ2) is 5.92. The van der Waals surface area contributed by atoms with E-state index in [1.54, 1.807) is 30.3 Å². The summed E-state index contributed by atoms with van der Waals surface area (Å²) in [6, 6.07) is 12.3. The van der Waals surface area contributed by atoms with E-state index < -0.39 is 10.0 Å². The Hall–Kier alpha value is -2.27. The second-order valence-corrected chi connectivity index (χ2v) is 8.62. The summed E-state index contributed by atoms with van der Waals surface area (Å²) in [6.45, 7) is 4.14. The van der Waals surface area contributed by atoms with Gasteiger partial charge in [0.05, 0.1) is 10.6 Å². The van der Waals surface area contributed by atoms with Crippen LogP contribution in [0.4, 0.5) is 5.69 Å². The quantitative estimate of drug-likeness (QED) is 0.743. The zero-order chi connectivity index (χ0) is 17.6. The summed E-state index contributed by atoms with van der Waals surface area (Å²) in [4.78, 5) is 0.261. The fraction of sp³-hybridized carbons (Fsp3) is 0.300. The minimum atomic E-state index is -3.60. The molecule has 0 spiro atoms. The van der Waals surface area contributed by atoms with E-state index in [2.05, 4.69) is 11.6 Å². The Kier molecular flexibility index (Phi) is 3.84. The number of hydrogen-bond donors (Lipinski definition) is 1. The van der Waals surface area contributed by atoms with Gasteiger partial charge in [-0.1, -0.05) is 25.1 Å². The maximum Gasteiger partial charge on any atom is 0.261 e. The number of hydrogen-bond acceptors (Lipinski definition) is 3. The van der Waals surface area contributed by atoms with E-state index in [-0.39, 0.29) is 4.90 Å². The largest absolute Gasteiger partial charge is 0.461 e. The van der Waals surface area contributed by atoms with Crippen LogP contribution in [0, 0.1) is 12.8 Å². The molecular weight excluding hydrogens is 334 g/mol. The Labute approximate surface area is 147 Å². The first-order chi connectivity index (χ1) is 11.9. The summed E-state index contributed by atoms with van der Waals surface area (Å²) in [6.07, 6.45) is 3.07. The number of nitrogens with one attached hydrogen (secondary N) is 1. The lowest BCUT2D eigenvalue weighted by atomic mass is 9.88. The molecule has 1 aliphatic rings. The molecule has 1 N–H and O–H groups in total. The molecule has 0 saturated heterocycles. The van der Waals surface area contributed by atoms with Crippen LogP contribution in [0.5, 0.6) is 0 Å². The molecule has 5 heteroatoms. The highest BCUT2D eigenvalue weighted by molar-refractivity contribution is 7.92. The second-order valence-electron chi connectivity index (χ2n) is 6.93. The maximum atomic E-state index is 12.6. The Morgan fingerprint density at radius 3 is 2.68 bits per heavy atom. The Morgan fingerprint density at radius 2 is 1.92 bits per heavy atom. The number of benzene rings is 2. The number of sulfonamides is 1. The molecule has 0 amide bonds. The van der Waals surface area contributed by atoms with Crippen LogP contribution in [0.25, 0.3) is 11.0 Å². The normalized spacial score (nSPS) is 17.4. The van der Waals surface area contributed by atoms with Gasteiger partial charge < -0.3 is 4.42 Å². The molecule has 0 unspecified atom stereocenters. The lowest BCUT2D eigenvalue weighted by Gasteiger charge is -2.17. The van der Waals surface area contributed by atoms with Crippen LogP contribution in [0.2, 0.25) is 0 Å². The Bertz CT molecular complexity index is 1040. The predicted octanol–water partition coefficient (Wildman–Crippen LogP) is 4.67. The van der Waals surface area contributed by atoms with Crippen LogP contribution in [-0.4, -0.2) is 8.42 Å². The summed E-state index contributed by atoms with van der Waals surface area (Å²) < 4.78 is 34.0. The molecule has 1 aromatic heterocycles. The molecule has 0 bridgehead atoms.